The molecule has 0 atom stereocenters. The van der Waals surface area contributed by atoms with Crippen LogP contribution in [0.2, 0.25) is 0 Å². The molecule has 9 heteroatoms. The van der Waals surface area contributed by atoms with Crippen LogP contribution in [0.5, 0.6) is 5.75 Å². The Morgan fingerprint density at radius 2 is 1.92 bits per heavy atom. The van der Waals surface area contributed by atoms with Crippen LogP contribution in [0.25, 0.3) is 16.9 Å². The number of rotatable bonds is 6. The summed E-state index contributed by atoms with van der Waals surface area (Å²) >= 11 is 3.56. The first kappa shape index (κ1) is 24.0. The molecule has 184 valence electrons. The fourth-order valence-electron chi connectivity index (χ4n) is 4.63. The van der Waals surface area contributed by atoms with E-state index in [0.29, 0.717) is 28.6 Å². The first-order chi connectivity index (χ1) is 17.4. The third kappa shape index (κ3) is 4.83. The molecule has 36 heavy (non-hydrogen) atoms. The molecule has 0 bridgehead atoms. The Labute approximate surface area is 216 Å². The lowest BCUT2D eigenvalue weighted by Crippen LogP contribution is -2.23. The van der Waals surface area contributed by atoms with Crippen molar-refractivity contribution >= 4 is 39.1 Å². The maximum atomic E-state index is 13.0. The predicted molar refractivity (Wildman–Crippen MR) is 142 cm³/mol. The Bertz CT molecular complexity index is 1460. The van der Waals surface area contributed by atoms with Crippen LogP contribution in [-0.4, -0.2) is 26.3 Å². The highest BCUT2D eigenvalue weighted by atomic mass is 79.9. The largest absolute Gasteiger partial charge is 0.422 e. The van der Waals surface area contributed by atoms with E-state index in [-0.39, 0.29) is 11.3 Å². The number of carbonyl (C=O) groups excluding carboxylic acids is 1. The highest BCUT2D eigenvalue weighted by Crippen LogP contribution is 2.37. The van der Waals surface area contributed by atoms with Crippen LogP contribution in [0.15, 0.2) is 65.3 Å². The number of anilines is 1. The SMILES string of the molecule is Cc1ccc(C(=O)Oc2ccccc2-c2nc3ccc(Br)cn3c2NC2CCCCC2)cc1[N+](=O)[O-]. The van der Waals surface area contributed by atoms with Gasteiger partial charge in [0.15, 0.2) is 0 Å². The first-order valence-corrected chi connectivity index (χ1v) is 12.7. The Kier molecular flexibility index (Phi) is 6.73. The molecule has 2 aromatic carbocycles. The summed E-state index contributed by atoms with van der Waals surface area (Å²) in [5, 5.41) is 15.0. The molecule has 8 nitrogen and oxygen atoms in total. The lowest BCUT2D eigenvalue weighted by atomic mass is 9.95. The van der Waals surface area contributed by atoms with Crippen LogP contribution in [0.4, 0.5) is 11.5 Å². The van der Waals surface area contributed by atoms with E-state index in [9.17, 15) is 14.9 Å². The van der Waals surface area contributed by atoms with E-state index in [1.54, 1.807) is 25.1 Å². The molecule has 1 N–H and O–H groups in total. The molecule has 2 aromatic heterocycles. The molecule has 4 aromatic rings. The summed E-state index contributed by atoms with van der Waals surface area (Å²) in [4.78, 5) is 28.7. The van der Waals surface area contributed by atoms with Crippen LogP contribution in [0.3, 0.4) is 0 Å². The molecular weight excluding hydrogens is 524 g/mol. The highest BCUT2D eigenvalue weighted by Gasteiger charge is 2.23. The van der Waals surface area contributed by atoms with Gasteiger partial charge in [-0.15, -0.1) is 0 Å². The van der Waals surface area contributed by atoms with Gasteiger partial charge in [-0.3, -0.25) is 14.5 Å². The fourth-order valence-corrected chi connectivity index (χ4v) is 4.96. The number of pyridine rings is 1. The topological polar surface area (TPSA) is 98.8 Å². The van der Waals surface area contributed by atoms with Crippen molar-refractivity contribution in [3.05, 3.63) is 86.5 Å². The number of aryl methyl sites for hydroxylation is 1. The molecule has 0 aliphatic heterocycles. The summed E-state index contributed by atoms with van der Waals surface area (Å²) in [7, 11) is 0. The van der Waals surface area contributed by atoms with Crippen molar-refractivity contribution in [2.24, 2.45) is 0 Å². The molecule has 2 heterocycles. The van der Waals surface area contributed by atoms with Crippen LogP contribution >= 0.6 is 15.9 Å². The van der Waals surface area contributed by atoms with Gasteiger partial charge in [0.1, 0.15) is 22.9 Å². The lowest BCUT2D eigenvalue weighted by molar-refractivity contribution is -0.385. The molecule has 1 aliphatic carbocycles. The second-order valence-corrected chi connectivity index (χ2v) is 9.92. The number of nitrogens with zero attached hydrogens (tertiary/aromatic N) is 3. The fraction of sp³-hybridized carbons (Fsp3) is 0.259. The van der Waals surface area contributed by atoms with E-state index in [0.717, 1.165) is 28.8 Å². The van der Waals surface area contributed by atoms with E-state index >= 15 is 0 Å². The zero-order valence-electron chi connectivity index (χ0n) is 19.7. The Balaban J connectivity index is 1.54. The van der Waals surface area contributed by atoms with Gasteiger partial charge in [0, 0.05) is 33.9 Å². The molecule has 1 saturated carbocycles. The van der Waals surface area contributed by atoms with E-state index in [4.69, 9.17) is 9.72 Å². The summed E-state index contributed by atoms with van der Waals surface area (Å²) in [5.41, 5.74) is 2.57. The van der Waals surface area contributed by atoms with Gasteiger partial charge in [0.2, 0.25) is 0 Å². The van der Waals surface area contributed by atoms with Gasteiger partial charge in [-0.2, -0.15) is 0 Å². The zero-order valence-corrected chi connectivity index (χ0v) is 21.3. The molecule has 1 fully saturated rings. The highest BCUT2D eigenvalue weighted by molar-refractivity contribution is 9.10. The van der Waals surface area contributed by atoms with Crippen molar-refractivity contribution in [3.63, 3.8) is 0 Å². The van der Waals surface area contributed by atoms with Crippen molar-refractivity contribution in [3.8, 4) is 17.0 Å². The van der Waals surface area contributed by atoms with Crippen molar-refractivity contribution in [1.29, 1.82) is 0 Å². The monoisotopic (exact) mass is 548 g/mol. The lowest BCUT2D eigenvalue weighted by Gasteiger charge is -2.24. The third-order valence-electron chi connectivity index (χ3n) is 6.51. The van der Waals surface area contributed by atoms with Crippen LogP contribution in [-0.2, 0) is 0 Å². The summed E-state index contributed by atoms with van der Waals surface area (Å²) in [6.07, 6.45) is 7.76. The van der Waals surface area contributed by atoms with Gasteiger partial charge in [0.05, 0.1) is 10.5 Å². The van der Waals surface area contributed by atoms with E-state index in [1.165, 1.54) is 31.4 Å². The number of para-hydroxylation sites is 1. The normalized spacial score (nSPS) is 14.1. The van der Waals surface area contributed by atoms with Gasteiger partial charge < -0.3 is 10.1 Å². The Morgan fingerprint density at radius 3 is 2.69 bits per heavy atom. The first-order valence-electron chi connectivity index (χ1n) is 11.9. The van der Waals surface area contributed by atoms with Crippen molar-refractivity contribution in [2.75, 3.05) is 5.32 Å². The van der Waals surface area contributed by atoms with Gasteiger partial charge >= 0.3 is 5.97 Å². The predicted octanol–water partition coefficient (Wildman–Crippen LogP) is 6.94. The number of ether oxygens (including phenoxy) is 1. The molecule has 0 amide bonds. The minimum atomic E-state index is -0.668. The van der Waals surface area contributed by atoms with Gasteiger partial charge in [-0.1, -0.05) is 37.5 Å². The van der Waals surface area contributed by atoms with Gasteiger partial charge in [-0.05, 0) is 66.0 Å². The number of imidazole rings is 1. The summed E-state index contributed by atoms with van der Waals surface area (Å²) in [6, 6.07) is 15.8. The number of hydrogen-bond donors (Lipinski definition) is 1. The van der Waals surface area contributed by atoms with Crippen LogP contribution in [0.1, 0.15) is 48.0 Å². The molecule has 0 spiro atoms. The molecule has 0 radical (unpaired) electrons. The number of nitro benzene ring substituents is 1. The number of hydrogen-bond acceptors (Lipinski definition) is 6. The number of carbonyl (C=O) groups is 1. The van der Waals surface area contributed by atoms with Gasteiger partial charge in [-0.25, -0.2) is 9.78 Å². The summed E-state index contributed by atoms with van der Waals surface area (Å²) in [5.74, 6) is 0.506. The number of halogens is 1. The molecular formula is C27H25BrN4O4. The molecule has 5 rings (SSSR count). The minimum absolute atomic E-state index is 0.113. The molecule has 0 saturated heterocycles. The van der Waals surface area contributed by atoms with Crippen LogP contribution < -0.4 is 10.1 Å². The zero-order chi connectivity index (χ0) is 25.2. The Morgan fingerprint density at radius 1 is 1.14 bits per heavy atom. The second kappa shape index (κ2) is 10.1. The number of fused-ring (bicyclic) bond motifs is 1. The van der Waals surface area contributed by atoms with Crippen LogP contribution in [0, 0.1) is 17.0 Å². The average molecular weight is 549 g/mol. The van der Waals surface area contributed by atoms with E-state index < -0.39 is 10.9 Å². The second-order valence-electron chi connectivity index (χ2n) is 9.01. The summed E-state index contributed by atoms with van der Waals surface area (Å²) < 4.78 is 8.71. The van der Waals surface area contributed by atoms with Crippen molar-refractivity contribution in [2.45, 2.75) is 45.1 Å². The minimum Gasteiger partial charge on any atom is -0.422 e. The van der Waals surface area contributed by atoms with E-state index in [2.05, 4.69) is 21.2 Å². The number of nitrogens with one attached hydrogen (secondary N) is 1. The smallest absolute Gasteiger partial charge is 0.343 e. The number of benzene rings is 2. The van der Waals surface area contributed by atoms with E-state index in [1.807, 2.05) is 34.9 Å². The maximum Gasteiger partial charge on any atom is 0.343 e. The van der Waals surface area contributed by atoms with Crippen molar-refractivity contribution < 1.29 is 14.5 Å². The molecule has 0 unspecified atom stereocenters. The quantitative estimate of drug-likeness (QED) is 0.121. The maximum absolute atomic E-state index is 13.0. The third-order valence-corrected chi connectivity index (χ3v) is 6.98. The van der Waals surface area contributed by atoms with Gasteiger partial charge in [0.25, 0.3) is 5.69 Å². The number of esters is 1. The standard InChI is InChI=1S/C27H25BrN4O4/c1-17-11-12-18(15-22(17)32(34)35)27(33)36-23-10-6-5-9-21(23)25-26(29-20-7-3-2-4-8-20)31-16-19(28)13-14-24(31)30-25/h5-6,9-16,20,29H,2-4,7-8H2,1H3. The summed E-state index contributed by atoms with van der Waals surface area (Å²) in [6.45, 7) is 1.63. The average Bonchev–Trinajstić information content (AvgIpc) is 3.22. The number of aromatic nitrogens is 2. The number of nitro groups is 1. The van der Waals surface area contributed by atoms with Crippen molar-refractivity contribution in [1.82, 2.24) is 9.38 Å². The Hall–Kier alpha value is -3.72. The molecule has 1 aliphatic rings.